The molecular formula is C18H14FNO4. The Bertz CT molecular complexity index is 890. The molecule has 0 spiro atoms. The molecule has 0 saturated heterocycles. The second kappa shape index (κ2) is 6.54. The van der Waals surface area contributed by atoms with Gasteiger partial charge in [-0.3, -0.25) is 4.79 Å². The van der Waals surface area contributed by atoms with Crippen molar-refractivity contribution in [3.8, 4) is 0 Å². The summed E-state index contributed by atoms with van der Waals surface area (Å²) in [6.07, 6.45) is 1.46. The van der Waals surface area contributed by atoms with Crippen LogP contribution in [0, 0.1) is 12.7 Å². The van der Waals surface area contributed by atoms with E-state index in [1.54, 1.807) is 25.1 Å². The number of rotatable bonds is 5. The number of furan rings is 1. The predicted molar refractivity (Wildman–Crippen MR) is 84.1 cm³/mol. The first-order valence-corrected chi connectivity index (χ1v) is 7.23. The summed E-state index contributed by atoms with van der Waals surface area (Å²) in [6, 6.07) is 10.7. The molecule has 2 heterocycles. The number of allylic oxidation sites excluding steroid dienone is 1. The molecule has 0 fully saturated rings. The van der Waals surface area contributed by atoms with Gasteiger partial charge < -0.3 is 14.0 Å². The molecule has 0 radical (unpaired) electrons. The number of hydrogen-bond donors (Lipinski definition) is 1. The summed E-state index contributed by atoms with van der Waals surface area (Å²) in [5.74, 6) is 0.0931. The van der Waals surface area contributed by atoms with Gasteiger partial charge in [-0.25, -0.2) is 4.39 Å². The van der Waals surface area contributed by atoms with E-state index in [0.717, 1.165) is 11.6 Å². The number of benzene rings is 1. The number of nitrogens with zero attached hydrogens (tertiary/aromatic N) is 1. The average molecular weight is 327 g/mol. The highest BCUT2D eigenvalue weighted by Crippen LogP contribution is 2.17. The summed E-state index contributed by atoms with van der Waals surface area (Å²) in [5, 5.41) is 13.5. The van der Waals surface area contributed by atoms with Crippen molar-refractivity contribution in [1.82, 2.24) is 5.16 Å². The standard InChI is InChI=1S/C18H14FNO4/c1-11-8-15(20-24-11)16(21)10-17(22)18-7-6-14(23-18)9-12-2-4-13(19)5-3-12/h2-8,10,21H,9H2,1H3. The lowest BCUT2D eigenvalue weighted by Crippen LogP contribution is -1.95. The fourth-order valence-corrected chi connectivity index (χ4v) is 2.17. The van der Waals surface area contributed by atoms with Crippen LogP contribution in [0.4, 0.5) is 4.39 Å². The Hall–Kier alpha value is -3.15. The lowest BCUT2D eigenvalue weighted by molar-refractivity contribution is 0.101. The Kier molecular flexibility index (Phi) is 4.29. The summed E-state index contributed by atoms with van der Waals surface area (Å²) in [5.41, 5.74) is 1.04. The highest BCUT2D eigenvalue weighted by atomic mass is 19.1. The average Bonchev–Trinajstić information content (AvgIpc) is 3.19. The Morgan fingerprint density at radius 3 is 2.67 bits per heavy atom. The SMILES string of the molecule is Cc1cc(C(O)=CC(=O)c2ccc(Cc3ccc(F)cc3)o2)no1. The van der Waals surface area contributed by atoms with Crippen molar-refractivity contribution in [3.05, 3.63) is 82.9 Å². The lowest BCUT2D eigenvalue weighted by Gasteiger charge is -1.98. The van der Waals surface area contributed by atoms with E-state index in [9.17, 15) is 14.3 Å². The Labute approximate surface area is 137 Å². The van der Waals surface area contributed by atoms with Crippen LogP contribution < -0.4 is 0 Å². The van der Waals surface area contributed by atoms with Gasteiger partial charge in [0.25, 0.3) is 0 Å². The molecule has 0 unspecified atom stereocenters. The predicted octanol–water partition coefficient (Wildman–Crippen LogP) is 4.09. The van der Waals surface area contributed by atoms with Gasteiger partial charge in [0, 0.05) is 18.6 Å². The molecule has 0 bridgehead atoms. The maximum atomic E-state index is 12.9. The normalized spacial score (nSPS) is 11.7. The number of aryl methyl sites for hydroxylation is 1. The van der Waals surface area contributed by atoms with Crippen LogP contribution in [0.1, 0.15) is 33.3 Å². The first-order chi connectivity index (χ1) is 11.5. The number of ketones is 1. The third kappa shape index (κ3) is 3.60. The van der Waals surface area contributed by atoms with Crippen molar-refractivity contribution in [1.29, 1.82) is 0 Å². The van der Waals surface area contributed by atoms with Gasteiger partial charge in [0.15, 0.2) is 5.76 Å². The van der Waals surface area contributed by atoms with Crippen molar-refractivity contribution in [2.75, 3.05) is 0 Å². The van der Waals surface area contributed by atoms with E-state index < -0.39 is 5.78 Å². The van der Waals surface area contributed by atoms with Crippen LogP contribution in [0.2, 0.25) is 0 Å². The smallest absolute Gasteiger partial charge is 0.224 e. The Morgan fingerprint density at radius 1 is 1.25 bits per heavy atom. The van der Waals surface area contributed by atoms with E-state index in [0.29, 0.717) is 17.9 Å². The quantitative estimate of drug-likeness (QED) is 0.434. The summed E-state index contributed by atoms with van der Waals surface area (Å²) in [4.78, 5) is 12.1. The molecule has 0 saturated carbocycles. The van der Waals surface area contributed by atoms with Crippen LogP contribution in [0.25, 0.3) is 5.76 Å². The highest BCUT2D eigenvalue weighted by molar-refractivity contribution is 6.05. The molecule has 0 aliphatic heterocycles. The van der Waals surface area contributed by atoms with E-state index in [1.807, 2.05) is 0 Å². The van der Waals surface area contributed by atoms with Crippen LogP contribution in [0.3, 0.4) is 0 Å². The molecule has 122 valence electrons. The highest BCUT2D eigenvalue weighted by Gasteiger charge is 2.13. The van der Waals surface area contributed by atoms with Gasteiger partial charge in [-0.1, -0.05) is 17.3 Å². The van der Waals surface area contributed by atoms with Gasteiger partial charge >= 0.3 is 0 Å². The molecule has 1 N–H and O–H groups in total. The number of aliphatic hydroxyl groups excluding tert-OH is 1. The number of aromatic nitrogens is 1. The van der Waals surface area contributed by atoms with E-state index >= 15 is 0 Å². The van der Waals surface area contributed by atoms with Crippen molar-refractivity contribution in [2.45, 2.75) is 13.3 Å². The monoisotopic (exact) mass is 327 g/mol. The molecule has 5 nitrogen and oxygen atoms in total. The second-order valence-corrected chi connectivity index (χ2v) is 5.29. The van der Waals surface area contributed by atoms with Crippen molar-refractivity contribution < 1.29 is 23.2 Å². The summed E-state index contributed by atoms with van der Waals surface area (Å²) in [6.45, 7) is 1.68. The van der Waals surface area contributed by atoms with E-state index in [-0.39, 0.29) is 23.0 Å². The Balaban J connectivity index is 1.72. The van der Waals surface area contributed by atoms with Crippen LogP contribution in [0.5, 0.6) is 0 Å². The number of carbonyl (C=O) groups excluding carboxylic acids is 1. The molecule has 0 aliphatic carbocycles. The minimum atomic E-state index is -0.487. The lowest BCUT2D eigenvalue weighted by atomic mass is 10.1. The maximum absolute atomic E-state index is 12.9. The van der Waals surface area contributed by atoms with Gasteiger partial charge in [0.2, 0.25) is 5.78 Å². The van der Waals surface area contributed by atoms with Crippen molar-refractivity contribution >= 4 is 11.5 Å². The topological polar surface area (TPSA) is 76.5 Å². The van der Waals surface area contributed by atoms with Crippen LogP contribution in [-0.4, -0.2) is 16.0 Å². The van der Waals surface area contributed by atoms with Crippen molar-refractivity contribution in [3.63, 3.8) is 0 Å². The molecule has 1 aromatic carbocycles. The molecule has 3 rings (SSSR count). The fourth-order valence-electron chi connectivity index (χ4n) is 2.17. The molecule has 0 amide bonds. The van der Waals surface area contributed by atoms with Gasteiger partial charge in [0.1, 0.15) is 28.8 Å². The largest absolute Gasteiger partial charge is 0.505 e. The summed E-state index contributed by atoms with van der Waals surface area (Å²) in [7, 11) is 0. The molecule has 3 aromatic rings. The van der Waals surface area contributed by atoms with Gasteiger partial charge in [0.05, 0.1) is 0 Å². The Morgan fingerprint density at radius 2 is 2.00 bits per heavy atom. The van der Waals surface area contributed by atoms with Crippen LogP contribution in [-0.2, 0) is 6.42 Å². The van der Waals surface area contributed by atoms with E-state index in [1.165, 1.54) is 24.3 Å². The third-order valence-corrected chi connectivity index (χ3v) is 3.35. The van der Waals surface area contributed by atoms with Gasteiger partial charge in [-0.15, -0.1) is 0 Å². The zero-order valence-corrected chi connectivity index (χ0v) is 12.8. The molecular weight excluding hydrogens is 313 g/mol. The molecule has 6 heteroatoms. The fraction of sp³-hybridized carbons (Fsp3) is 0.111. The summed E-state index contributed by atoms with van der Waals surface area (Å²) >= 11 is 0. The minimum absolute atomic E-state index is 0.0962. The number of hydrogen-bond acceptors (Lipinski definition) is 5. The summed E-state index contributed by atoms with van der Waals surface area (Å²) < 4.78 is 23.2. The third-order valence-electron chi connectivity index (χ3n) is 3.35. The second-order valence-electron chi connectivity index (χ2n) is 5.29. The zero-order valence-electron chi connectivity index (χ0n) is 12.8. The van der Waals surface area contributed by atoms with Crippen LogP contribution >= 0.6 is 0 Å². The number of aliphatic hydroxyl groups is 1. The van der Waals surface area contributed by atoms with Gasteiger partial charge in [-0.05, 0) is 36.8 Å². The first-order valence-electron chi connectivity index (χ1n) is 7.23. The van der Waals surface area contributed by atoms with E-state index in [2.05, 4.69) is 5.16 Å². The number of carbonyl (C=O) groups is 1. The minimum Gasteiger partial charge on any atom is -0.505 e. The number of halogens is 1. The van der Waals surface area contributed by atoms with Gasteiger partial charge in [-0.2, -0.15) is 0 Å². The van der Waals surface area contributed by atoms with Crippen LogP contribution in [0.15, 0.2) is 57.5 Å². The van der Waals surface area contributed by atoms with E-state index in [4.69, 9.17) is 8.94 Å². The van der Waals surface area contributed by atoms with Crippen molar-refractivity contribution in [2.24, 2.45) is 0 Å². The molecule has 0 atom stereocenters. The first kappa shape index (κ1) is 15.7. The molecule has 24 heavy (non-hydrogen) atoms. The maximum Gasteiger partial charge on any atom is 0.224 e. The molecule has 2 aromatic heterocycles. The molecule has 0 aliphatic rings. The zero-order chi connectivity index (χ0) is 17.1.